The quantitative estimate of drug-likeness (QED) is 0.629. The molecule has 2 aromatic rings. The second-order valence-corrected chi connectivity index (χ2v) is 7.82. The summed E-state index contributed by atoms with van der Waals surface area (Å²) in [5.74, 6) is 0. The number of nitrogens with one attached hydrogen (secondary N) is 1. The fourth-order valence-corrected chi connectivity index (χ4v) is 3.02. The normalized spacial score (nSPS) is 13.1. The number of benzene rings is 2. The van der Waals surface area contributed by atoms with E-state index in [0.717, 1.165) is 10.4 Å². The number of anilines is 1. The standard InChI is InChI=1S/C17H18F3N3O2S/c1-12(13-8-10-14(11-9-13)26(24,25)23(2)3)21-22-16-7-5-4-6-15(16)17(18,19)20/h4-11,22H,1-3H3/b21-12-. The molecule has 0 fully saturated rings. The van der Waals surface area contributed by atoms with Crippen molar-refractivity contribution in [3.63, 3.8) is 0 Å². The number of nitrogens with zero attached hydrogens (tertiary/aromatic N) is 2. The number of hydrazone groups is 1. The largest absolute Gasteiger partial charge is 0.418 e. The lowest BCUT2D eigenvalue weighted by atomic mass is 10.1. The summed E-state index contributed by atoms with van der Waals surface area (Å²) < 4.78 is 64.1. The molecule has 0 aliphatic heterocycles. The van der Waals surface area contributed by atoms with Gasteiger partial charge in [0.05, 0.1) is 21.9 Å². The van der Waals surface area contributed by atoms with E-state index in [9.17, 15) is 21.6 Å². The van der Waals surface area contributed by atoms with Crippen LogP contribution in [0, 0.1) is 0 Å². The number of halogens is 3. The second kappa shape index (κ2) is 7.46. The first-order valence-corrected chi connectivity index (χ1v) is 8.97. The molecule has 0 heterocycles. The molecule has 0 aliphatic rings. The molecule has 0 bridgehead atoms. The lowest BCUT2D eigenvalue weighted by Gasteiger charge is -2.13. The van der Waals surface area contributed by atoms with Gasteiger partial charge in [-0.15, -0.1) is 0 Å². The van der Waals surface area contributed by atoms with Gasteiger partial charge in [-0.2, -0.15) is 18.3 Å². The van der Waals surface area contributed by atoms with Gasteiger partial charge in [0.25, 0.3) is 0 Å². The molecule has 0 saturated heterocycles. The predicted octanol–water partition coefficient (Wildman–Crippen LogP) is 3.79. The van der Waals surface area contributed by atoms with Gasteiger partial charge in [-0.25, -0.2) is 12.7 Å². The summed E-state index contributed by atoms with van der Waals surface area (Å²) in [7, 11) is -0.687. The molecule has 2 rings (SSSR count). The maximum atomic E-state index is 13.0. The molecule has 9 heteroatoms. The van der Waals surface area contributed by atoms with Crippen molar-refractivity contribution in [1.29, 1.82) is 0 Å². The van der Waals surface area contributed by atoms with Crippen LogP contribution in [-0.2, 0) is 16.2 Å². The molecular formula is C17H18F3N3O2S. The molecule has 0 aliphatic carbocycles. The minimum atomic E-state index is -4.49. The van der Waals surface area contributed by atoms with Crippen LogP contribution in [0.5, 0.6) is 0 Å². The van der Waals surface area contributed by atoms with Gasteiger partial charge >= 0.3 is 6.18 Å². The topological polar surface area (TPSA) is 61.8 Å². The molecular weight excluding hydrogens is 367 g/mol. The van der Waals surface area contributed by atoms with Crippen LogP contribution in [0.2, 0.25) is 0 Å². The Morgan fingerprint density at radius 2 is 1.62 bits per heavy atom. The molecule has 0 saturated carbocycles. The lowest BCUT2D eigenvalue weighted by Crippen LogP contribution is -2.22. The van der Waals surface area contributed by atoms with Gasteiger partial charge in [-0.1, -0.05) is 24.3 Å². The zero-order chi connectivity index (χ0) is 19.5. The van der Waals surface area contributed by atoms with E-state index in [1.165, 1.54) is 44.4 Å². The summed E-state index contributed by atoms with van der Waals surface area (Å²) in [6, 6.07) is 11.0. The van der Waals surface area contributed by atoms with Crippen LogP contribution in [0.25, 0.3) is 0 Å². The van der Waals surface area contributed by atoms with Gasteiger partial charge in [0.15, 0.2) is 0 Å². The first kappa shape index (κ1) is 19.9. The van der Waals surface area contributed by atoms with E-state index in [2.05, 4.69) is 10.5 Å². The molecule has 0 atom stereocenters. The fourth-order valence-electron chi connectivity index (χ4n) is 2.12. The van der Waals surface area contributed by atoms with Crippen LogP contribution in [0.3, 0.4) is 0 Å². The fraction of sp³-hybridized carbons (Fsp3) is 0.235. The van der Waals surface area contributed by atoms with Gasteiger partial charge in [-0.3, -0.25) is 5.43 Å². The van der Waals surface area contributed by atoms with Crippen molar-refractivity contribution in [2.75, 3.05) is 19.5 Å². The SMILES string of the molecule is C/C(=N/Nc1ccccc1C(F)(F)F)c1ccc(S(=O)(=O)N(C)C)cc1. The van der Waals surface area contributed by atoms with Gasteiger partial charge in [0.2, 0.25) is 10.0 Å². The van der Waals surface area contributed by atoms with E-state index < -0.39 is 21.8 Å². The number of sulfonamides is 1. The second-order valence-electron chi connectivity index (χ2n) is 5.66. The van der Waals surface area contributed by atoms with E-state index >= 15 is 0 Å². The van der Waals surface area contributed by atoms with Crippen LogP contribution in [0.4, 0.5) is 18.9 Å². The highest BCUT2D eigenvalue weighted by Crippen LogP contribution is 2.34. The van der Waals surface area contributed by atoms with Crippen LogP contribution < -0.4 is 5.43 Å². The van der Waals surface area contributed by atoms with Gasteiger partial charge in [0, 0.05) is 14.1 Å². The Hall–Kier alpha value is -2.39. The molecule has 5 nitrogen and oxygen atoms in total. The monoisotopic (exact) mass is 385 g/mol. The number of alkyl halides is 3. The van der Waals surface area contributed by atoms with Crippen LogP contribution in [0.1, 0.15) is 18.1 Å². The van der Waals surface area contributed by atoms with Crippen LogP contribution in [-0.4, -0.2) is 32.5 Å². The summed E-state index contributed by atoms with van der Waals surface area (Å²) >= 11 is 0. The zero-order valence-electron chi connectivity index (χ0n) is 14.4. The minimum Gasteiger partial charge on any atom is -0.278 e. The molecule has 0 aromatic heterocycles. The number of para-hydroxylation sites is 1. The van der Waals surface area contributed by atoms with Crippen molar-refractivity contribution in [3.05, 3.63) is 59.7 Å². The number of hydrogen-bond acceptors (Lipinski definition) is 4. The Kier molecular flexibility index (Phi) is 5.72. The molecule has 0 radical (unpaired) electrons. The van der Waals surface area contributed by atoms with Crippen molar-refractivity contribution in [2.24, 2.45) is 5.10 Å². The average molecular weight is 385 g/mol. The maximum Gasteiger partial charge on any atom is 0.418 e. The Balaban J connectivity index is 2.24. The third kappa shape index (κ3) is 4.41. The Morgan fingerprint density at radius 1 is 1.04 bits per heavy atom. The average Bonchev–Trinajstić information content (AvgIpc) is 2.59. The highest BCUT2D eigenvalue weighted by atomic mass is 32.2. The van der Waals surface area contributed by atoms with Crippen molar-refractivity contribution in [1.82, 2.24) is 4.31 Å². The van der Waals surface area contributed by atoms with E-state index in [1.54, 1.807) is 19.1 Å². The molecule has 26 heavy (non-hydrogen) atoms. The molecule has 140 valence electrons. The van der Waals surface area contributed by atoms with Gasteiger partial charge in [0.1, 0.15) is 0 Å². The summed E-state index contributed by atoms with van der Waals surface area (Å²) in [4.78, 5) is 0.120. The highest BCUT2D eigenvalue weighted by Gasteiger charge is 2.33. The van der Waals surface area contributed by atoms with E-state index in [0.29, 0.717) is 11.3 Å². The van der Waals surface area contributed by atoms with E-state index in [1.807, 2.05) is 0 Å². The summed E-state index contributed by atoms with van der Waals surface area (Å²) in [6.45, 7) is 1.61. The Bertz CT molecular complexity index is 906. The highest BCUT2D eigenvalue weighted by molar-refractivity contribution is 7.89. The zero-order valence-corrected chi connectivity index (χ0v) is 15.2. The summed E-state index contributed by atoms with van der Waals surface area (Å²) in [5.41, 5.74) is 2.44. The first-order chi connectivity index (χ1) is 12.0. The number of hydrogen-bond donors (Lipinski definition) is 1. The molecule has 0 unspecified atom stereocenters. The van der Waals surface area contributed by atoms with Crippen molar-refractivity contribution < 1.29 is 21.6 Å². The Labute approximate surface area is 150 Å². The summed E-state index contributed by atoms with van der Waals surface area (Å²) in [5, 5.41) is 3.97. The van der Waals surface area contributed by atoms with Crippen molar-refractivity contribution in [2.45, 2.75) is 18.0 Å². The third-order valence-electron chi connectivity index (χ3n) is 3.63. The smallest absolute Gasteiger partial charge is 0.278 e. The summed E-state index contributed by atoms with van der Waals surface area (Å²) in [6.07, 6.45) is -4.49. The van der Waals surface area contributed by atoms with Crippen molar-refractivity contribution in [3.8, 4) is 0 Å². The van der Waals surface area contributed by atoms with Gasteiger partial charge in [-0.05, 0) is 36.8 Å². The van der Waals surface area contributed by atoms with E-state index in [4.69, 9.17) is 0 Å². The minimum absolute atomic E-state index is 0.120. The molecule has 1 N–H and O–H groups in total. The first-order valence-electron chi connectivity index (χ1n) is 7.53. The maximum absolute atomic E-state index is 13.0. The van der Waals surface area contributed by atoms with Crippen LogP contribution >= 0.6 is 0 Å². The Morgan fingerprint density at radius 3 is 2.15 bits per heavy atom. The lowest BCUT2D eigenvalue weighted by molar-refractivity contribution is -0.136. The van der Waals surface area contributed by atoms with Crippen LogP contribution in [0.15, 0.2) is 58.5 Å². The molecule has 0 amide bonds. The third-order valence-corrected chi connectivity index (χ3v) is 5.46. The number of rotatable bonds is 5. The van der Waals surface area contributed by atoms with E-state index in [-0.39, 0.29) is 10.6 Å². The molecule has 2 aromatic carbocycles. The van der Waals surface area contributed by atoms with Crippen molar-refractivity contribution >= 4 is 21.4 Å². The predicted molar refractivity (Wildman–Crippen MR) is 94.6 cm³/mol. The molecule has 0 spiro atoms. The van der Waals surface area contributed by atoms with Gasteiger partial charge < -0.3 is 0 Å².